The van der Waals surface area contributed by atoms with Crippen LogP contribution in [0, 0.1) is 0 Å². The largest absolute Gasteiger partial charge is 0.328 e. The van der Waals surface area contributed by atoms with Crippen molar-refractivity contribution in [1.29, 1.82) is 0 Å². The molecule has 0 aliphatic heterocycles. The summed E-state index contributed by atoms with van der Waals surface area (Å²) in [4.78, 5) is 9.31. The van der Waals surface area contributed by atoms with E-state index in [-0.39, 0.29) is 0 Å². The van der Waals surface area contributed by atoms with Crippen LogP contribution in [0.2, 0.25) is 0 Å². The molecule has 0 aromatic carbocycles. The fourth-order valence-electron chi connectivity index (χ4n) is 2.00. The van der Waals surface area contributed by atoms with Gasteiger partial charge in [0, 0.05) is 26.5 Å². The number of aromatic nitrogens is 4. The van der Waals surface area contributed by atoms with Gasteiger partial charge in [-0.1, -0.05) is 26.7 Å². The lowest BCUT2D eigenvalue weighted by atomic mass is 10.3. The average Bonchev–Trinajstić information content (AvgIpc) is 2.91. The van der Waals surface area contributed by atoms with Crippen LogP contribution in [0.5, 0.6) is 0 Å². The van der Waals surface area contributed by atoms with Crippen LogP contribution in [0.15, 0.2) is 22.7 Å². The lowest BCUT2D eigenvalue weighted by Crippen LogP contribution is -1.89. The van der Waals surface area contributed by atoms with Crippen molar-refractivity contribution in [3.8, 4) is 0 Å². The van der Waals surface area contributed by atoms with E-state index in [2.05, 4.69) is 59.4 Å². The van der Waals surface area contributed by atoms with Crippen LogP contribution in [0.1, 0.15) is 38.1 Å². The highest BCUT2D eigenvalue weighted by Crippen LogP contribution is 2.35. The minimum Gasteiger partial charge on any atom is -0.328 e. The Morgan fingerprint density at radius 3 is 1.60 bits per heavy atom. The number of hydrogen-bond acceptors (Lipinski definition) is 4. The molecule has 0 unspecified atom stereocenters. The second kappa shape index (κ2) is 7.22. The smallest absolute Gasteiger partial charge is 0.179 e. The summed E-state index contributed by atoms with van der Waals surface area (Å²) >= 11 is 0. The van der Waals surface area contributed by atoms with Crippen molar-refractivity contribution in [2.75, 3.05) is 0 Å². The number of aryl methyl sites for hydroxylation is 4. The molecule has 0 spiro atoms. The zero-order chi connectivity index (χ0) is 14.5. The molecule has 0 atom stereocenters. The molecule has 20 heavy (non-hydrogen) atoms. The SMILES string of the molecule is CCCc1cn(C)c(SSc2nc(CCC)cn2C)n1. The molecule has 0 bridgehead atoms. The van der Waals surface area contributed by atoms with Crippen LogP contribution in [-0.2, 0) is 26.9 Å². The minimum absolute atomic E-state index is 1.04. The first-order valence-corrected chi connectivity index (χ1v) is 9.18. The van der Waals surface area contributed by atoms with E-state index in [9.17, 15) is 0 Å². The van der Waals surface area contributed by atoms with Crippen molar-refractivity contribution in [2.45, 2.75) is 49.8 Å². The fraction of sp³-hybridized carbons (Fsp3) is 0.571. The Bertz CT molecular complexity index is 509. The summed E-state index contributed by atoms with van der Waals surface area (Å²) in [6.45, 7) is 4.36. The molecule has 0 radical (unpaired) electrons. The summed E-state index contributed by atoms with van der Waals surface area (Å²) in [7, 11) is 7.46. The molecule has 0 fully saturated rings. The van der Waals surface area contributed by atoms with Gasteiger partial charge in [-0.15, -0.1) is 0 Å². The second-order valence-corrected chi connectivity index (χ2v) is 6.98. The zero-order valence-electron chi connectivity index (χ0n) is 12.6. The summed E-state index contributed by atoms with van der Waals surface area (Å²) in [5, 5.41) is 2.08. The predicted octanol–water partition coefficient (Wildman–Crippen LogP) is 3.86. The second-order valence-electron chi connectivity index (χ2n) is 4.92. The summed E-state index contributed by atoms with van der Waals surface area (Å²) in [6.07, 6.45) is 8.59. The average molecular weight is 310 g/mol. The first-order valence-electron chi connectivity index (χ1n) is 7.03. The first kappa shape index (κ1) is 15.5. The Kier molecular flexibility index (Phi) is 5.60. The van der Waals surface area contributed by atoms with Gasteiger partial charge in [0.1, 0.15) is 0 Å². The van der Waals surface area contributed by atoms with Crippen LogP contribution in [0.4, 0.5) is 0 Å². The first-order chi connectivity index (χ1) is 9.63. The standard InChI is InChI=1S/C14H22N4S2/c1-5-7-11-9-17(3)13(15-11)19-20-14-16-12(8-6-2)10-18(14)4/h9-10H,5-8H2,1-4H3. The Morgan fingerprint density at radius 2 is 1.25 bits per heavy atom. The Morgan fingerprint density at radius 1 is 0.850 bits per heavy atom. The highest BCUT2D eigenvalue weighted by Gasteiger charge is 2.10. The van der Waals surface area contributed by atoms with Gasteiger partial charge in [-0.3, -0.25) is 0 Å². The van der Waals surface area contributed by atoms with Gasteiger partial charge < -0.3 is 9.13 Å². The zero-order valence-corrected chi connectivity index (χ0v) is 14.2. The molecule has 0 saturated carbocycles. The molecule has 2 rings (SSSR count). The van der Waals surface area contributed by atoms with E-state index in [1.807, 2.05) is 0 Å². The maximum absolute atomic E-state index is 4.66. The molecule has 0 aliphatic carbocycles. The van der Waals surface area contributed by atoms with Crippen molar-refractivity contribution in [2.24, 2.45) is 14.1 Å². The molecule has 2 heterocycles. The van der Waals surface area contributed by atoms with Crippen LogP contribution in [-0.4, -0.2) is 19.1 Å². The third-order valence-corrected chi connectivity index (χ3v) is 5.25. The van der Waals surface area contributed by atoms with E-state index in [0.29, 0.717) is 0 Å². The third kappa shape index (κ3) is 3.82. The Balaban J connectivity index is 2.01. The maximum Gasteiger partial charge on any atom is 0.179 e. The van der Waals surface area contributed by atoms with Gasteiger partial charge in [-0.25, -0.2) is 9.97 Å². The van der Waals surface area contributed by atoms with Crippen molar-refractivity contribution in [3.05, 3.63) is 23.8 Å². The van der Waals surface area contributed by atoms with Crippen LogP contribution in [0.25, 0.3) is 0 Å². The molecule has 0 aliphatic rings. The molecular formula is C14H22N4S2. The van der Waals surface area contributed by atoms with Crippen LogP contribution in [0.3, 0.4) is 0 Å². The molecule has 0 saturated heterocycles. The maximum atomic E-state index is 4.66. The lowest BCUT2D eigenvalue weighted by Gasteiger charge is -2.00. The highest BCUT2D eigenvalue weighted by atomic mass is 33.1. The summed E-state index contributed by atoms with van der Waals surface area (Å²) < 4.78 is 4.19. The van der Waals surface area contributed by atoms with E-state index >= 15 is 0 Å². The highest BCUT2D eigenvalue weighted by molar-refractivity contribution is 8.76. The molecule has 2 aromatic rings. The van der Waals surface area contributed by atoms with Crippen molar-refractivity contribution in [1.82, 2.24) is 19.1 Å². The van der Waals surface area contributed by atoms with Gasteiger partial charge in [-0.2, -0.15) is 0 Å². The number of nitrogens with zero attached hydrogens (tertiary/aromatic N) is 4. The van der Waals surface area contributed by atoms with E-state index in [4.69, 9.17) is 0 Å². The van der Waals surface area contributed by atoms with Crippen molar-refractivity contribution in [3.63, 3.8) is 0 Å². The van der Waals surface area contributed by atoms with E-state index in [0.717, 1.165) is 36.0 Å². The van der Waals surface area contributed by atoms with E-state index < -0.39 is 0 Å². The van der Waals surface area contributed by atoms with Crippen molar-refractivity contribution < 1.29 is 0 Å². The third-order valence-electron chi connectivity index (χ3n) is 2.97. The molecule has 4 nitrogen and oxygen atoms in total. The summed E-state index contributed by atoms with van der Waals surface area (Å²) in [5.41, 5.74) is 2.34. The van der Waals surface area contributed by atoms with Crippen LogP contribution >= 0.6 is 21.6 Å². The normalized spacial score (nSPS) is 11.2. The Labute approximate surface area is 128 Å². The van der Waals surface area contributed by atoms with Gasteiger partial charge in [-0.05, 0) is 34.4 Å². The van der Waals surface area contributed by atoms with Gasteiger partial charge in [0.25, 0.3) is 0 Å². The topological polar surface area (TPSA) is 35.6 Å². The summed E-state index contributed by atoms with van der Waals surface area (Å²) in [5.74, 6) is 0. The van der Waals surface area contributed by atoms with Gasteiger partial charge >= 0.3 is 0 Å². The number of hydrogen-bond donors (Lipinski definition) is 0. The van der Waals surface area contributed by atoms with E-state index in [1.54, 1.807) is 21.6 Å². The molecule has 0 N–H and O–H groups in total. The monoisotopic (exact) mass is 310 g/mol. The van der Waals surface area contributed by atoms with E-state index in [1.165, 1.54) is 11.4 Å². The van der Waals surface area contributed by atoms with Crippen LogP contribution < -0.4 is 0 Å². The fourth-order valence-corrected chi connectivity index (χ4v) is 4.18. The van der Waals surface area contributed by atoms with Gasteiger partial charge in [0.2, 0.25) is 0 Å². The number of rotatable bonds is 7. The van der Waals surface area contributed by atoms with Gasteiger partial charge in [0.05, 0.1) is 11.4 Å². The Hall–Kier alpha value is -0.880. The van der Waals surface area contributed by atoms with Gasteiger partial charge in [0.15, 0.2) is 10.3 Å². The number of imidazole rings is 2. The van der Waals surface area contributed by atoms with Crippen molar-refractivity contribution >= 4 is 21.6 Å². The quantitative estimate of drug-likeness (QED) is 0.728. The summed E-state index contributed by atoms with van der Waals surface area (Å²) in [6, 6.07) is 0. The molecule has 0 amide bonds. The molecule has 6 heteroatoms. The minimum atomic E-state index is 1.04. The molecular weight excluding hydrogens is 288 g/mol. The predicted molar refractivity (Wildman–Crippen MR) is 86.1 cm³/mol. The molecule has 2 aromatic heterocycles. The molecule has 110 valence electrons. The lowest BCUT2D eigenvalue weighted by molar-refractivity contribution is 0.787.